The number of para-hydroxylation sites is 1. The minimum Gasteiger partial charge on any atom is -0.269 e. The summed E-state index contributed by atoms with van der Waals surface area (Å²) in [6, 6.07) is 14.7. The lowest BCUT2D eigenvalue weighted by molar-refractivity contribution is 1.00. The van der Waals surface area contributed by atoms with Gasteiger partial charge in [0.2, 0.25) is 0 Å². The molecular weight excluding hydrogens is 244 g/mol. The maximum absolute atomic E-state index is 12.1. The molecule has 0 unspecified atom stereocenters. The summed E-state index contributed by atoms with van der Waals surface area (Å²) in [6.07, 6.45) is 1.68. The van der Waals surface area contributed by atoms with Gasteiger partial charge < -0.3 is 0 Å². The Labute approximate surface area is 109 Å². The van der Waals surface area contributed by atoms with Gasteiger partial charge in [-0.2, -0.15) is 0 Å². The zero-order valence-electron chi connectivity index (χ0n) is 9.45. The summed E-state index contributed by atoms with van der Waals surface area (Å²) in [5.74, 6) is 0. The number of hydrogen-bond donors (Lipinski definition) is 1. The van der Waals surface area contributed by atoms with Crippen LogP contribution in [0, 0.1) is 0 Å². The highest BCUT2D eigenvalue weighted by atomic mass is 32.1. The molecule has 88 valence electrons. The standard InChI is InChI=1S/C14H10N2OS/c17-13-9-12(18)11-7-4-8-15-14(11)16(13)10-5-2-1-3-6-10/h1-9,18H. The van der Waals surface area contributed by atoms with E-state index in [4.69, 9.17) is 0 Å². The third kappa shape index (κ3) is 1.71. The predicted molar refractivity (Wildman–Crippen MR) is 74.6 cm³/mol. The van der Waals surface area contributed by atoms with Crippen molar-refractivity contribution in [3.63, 3.8) is 0 Å². The first-order chi connectivity index (χ1) is 8.77. The van der Waals surface area contributed by atoms with E-state index in [-0.39, 0.29) is 5.56 Å². The van der Waals surface area contributed by atoms with Gasteiger partial charge in [0, 0.05) is 22.5 Å². The summed E-state index contributed by atoms with van der Waals surface area (Å²) < 4.78 is 1.59. The molecule has 0 fully saturated rings. The van der Waals surface area contributed by atoms with Crippen LogP contribution in [-0.2, 0) is 0 Å². The van der Waals surface area contributed by atoms with E-state index in [0.717, 1.165) is 11.1 Å². The van der Waals surface area contributed by atoms with E-state index in [2.05, 4.69) is 17.6 Å². The quantitative estimate of drug-likeness (QED) is 0.678. The molecule has 2 aromatic heterocycles. The van der Waals surface area contributed by atoms with Crippen LogP contribution in [0.4, 0.5) is 0 Å². The van der Waals surface area contributed by atoms with Gasteiger partial charge in [-0.3, -0.25) is 9.36 Å². The van der Waals surface area contributed by atoms with Gasteiger partial charge >= 0.3 is 0 Å². The van der Waals surface area contributed by atoms with Gasteiger partial charge in [0.25, 0.3) is 5.56 Å². The number of hydrogen-bond acceptors (Lipinski definition) is 3. The number of fused-ring (bicyclic) bond motifs is 1. The monoisotopic (exact) mass is 254 g/mol. The van der Waals surface area contributed by atoms with E-state index >= 15 is 0 Å². The molecule has 3 nitrogen and oxygen atoms in total. The highest BCUT2D eigenvalue weighted by Gasteiger charge is 2.08. The van der Waals surface area contributed by atoms with Crippen LogP contribution in [0.25, 0.3) is 16.7 Å². The lowest BCUT2D eigenvalue weighted by Crippen LogP contribution is -2.18. The molecule has 0 atom stereocenters. The first-order valence-corrected chi connectivity index (χ1v) is 5.97. The zero-order chi connectivity index (χ0) is 12.5. The smallest absolute Gasteiger partial charge is 0.257 e. The first-order valence-electron chi connectivity index (χ1n) is 5.52. The molecule has 0 bridgehead atoms. The van der Waals surface area contributed by atoms with Crippen molar-refractivity contribution in [1.82, 2.24) is 9.55 Å². The van der Waals surface area contributed by atoms with E-state index in [1.54, 1.807) is 10.8 Å². The summed E-state index contributed by atoms with van der Waals surface area (Å²) in [4.78, 5) is 17.1. The van der Waals surface area contributed by atoms with Crippen molar-refractivity contribution in [2.75, 3.05) is 0 Å². The molecule has 4 heteroatoms. The van der Waals surface area contributed by atoms with Crippen molar-refractivity contribution in [3.8, 4) is 5.69 Å². The fraction of sp³-hybridized carbons (Fsp3) is 0. The van der Waals surface area contributed by atoms with Gasteiger partial charge in [-0.15, -0.1) is 12.6 Å². The molecular formula is C14H10N2OS. The fourth-order valence-corrected chi connectivity index (χ4v) is 2.25. The molecule has 0 N–H and O–H groups in total. The highest BCUT2D eigenvalue weighted by Crippen LogP contribution is 2.20. The molecule has 3 rings (SSSR count). The van der Waals surface area contributed by atoms with E-state index in [0.29, 0.717) is 10.5 Å². The molecule has 0 amide bonds. The zero-order valence-corrected chi connectivity index (χ0v) is 10.3. The summed E-state index contributed by atoms with van der Waals surface area (Å²) in [7, 11) is 0. The Morgan fingerprint density at radius 1 is 1.06 bits per heavy atom. The topological polar surface area (TPSA) is 34.9 Å². The third-order valence-corrected chi connectivity index (χ3v) is 3.14. The second-order valence-electron chi connectivity index (χ2n) is 3.91. The fourth-order valence-electron chi connectivity index (χ4n) is 1.97. The Balaban J connectivity index is 2.46. The molecule has 0 aliphatic heterocycles. The lowest BCUT2D eigenvalue weighted by Gasteiger charge is -2.10. The van der Waals surface area contributed by atoms with Crippen LogP contribution in [0.2, 0.25) is 0 Å². The normalized spacial score (nSPS) is 10.7. The third-order valence-electron chi connectivity index (χ3n) is 2.77. The highest BCUT2D eigenvalue weighted by molar-refractivity contribution is 7.80. The minimum atomic E-state index is -0.127. The molecule has 1 aromatic carbocycles. The van der Waals surface area contributed by atoms with Gasteiger partial charge in [0.15, 0.2) is 0 Å². The minimum absolute atomic E-state index is 0.127. The SMILES string of the molecule is O=c1cc(S)c2cccnc2n1-c1ccccc1. The van der Waals surface area contributed by atoms with Gasteiger partial charge in [-0.1, -0.05) is 18.2 Å². The molecule has 0 aliphatic carbocycles. The largest absolute Gasteiger partial charge is 0.269 e. The van der Waals surface area contributed by atoms with Crippen LogP contribution < -0.4 is 5.56 Å². The van der Waals surface area contributed by atoms with Gasteiger partial charge in [-0.05, 0) is 24.3 Å². The Bertz CT molecular complexity index is 766. The van der Waals surface area contributed by atoms with Crippen molar-refractivity contribution >= 4 is 23.7 Å². The Kier molecular flexibility index (Phi) is 2.64. The second-order valence-corrected chi connectivity index (χ2v) is 4.40. The molecule has 2 heterocycles. The molecule has 0 spiro atoms. The molecule has 0 saturated carbocycles. The summed E-state index contributed by atoms with van der Waals surface area (Å²) in [5.41, 5.74) is 1.30. The van der Waals surface area contributed by atoms with Crippen LogP contribution >= 0.6 is 12.6 Å². The average molecular weight is 254 g/mol. The first kappa shape index (κ1) is 11.0. The van der Waals surface area contributed by atoms with E-state index in [9.17, 15) is 4.79 Å². The number of benzene rings is 1. The average Bonchev–Trinajstić information content (AvgIpc) is 2.40. The maximum atomic E-state index is 12.1. The van der Waals surface area contributed by atoms with Crippen LogP contribution in [-0.4, -0.2) is 9.55 Å². The van der Waals surface area contributed by atoms with Crippen molar-refractivity contribution in [2.24, 2.45) is 0 Å². The Hall–Kier alpha value is -2.07. The van der Waals surface area contributed by atoms with Gasteiger partial charge in [-0.25, -0.2) is 4.98 Å². The van der Waals surface area contributed by atoms with Crippen molar-refractivity contribution in [1.29, 1.82) is 0 Å². The van der Waals surface area contributed by atoms with Crippen molar-refractivity contribution in [3.05, 3.63) is 65.1 Å². The summed E-state index contributed by atoms with van der Waals surface area (Å²) in [5, 5.41) is 0.865. The summed E-state index contributed by atoms with van der Waals surface area (Å²) >= 11 is 4.33. The van der Waals surface area contributed by atoms with Crippen molar-refractivity contribution < 1.29 is 0 Å². The summed E-state index contributed by atoms with van der Waals surface area (Å²) in [6.45, 7) is 0. The van der Waals surface area contributed by atoms with Crippen LogP contribution in [0.15, 0.2) is 64.4 Å². The number of rotatable bonds is 1. The van der Waals surface area contributed by atoms with Crippen LogP contribution in [0.3, 0.4) is 0 Å². The van der Waals surface area contributed by atoms with Crippen LogP contribution in [0.5, 0.6) is 0 Å². The van der Waals surface area contributed by atoms with Gasteiger partial charge in [0.1, 0.15) is 5.65 Å². The predicted octanol–water partition coefficient (Wildman–Crippen LogP) is 2.67. The van der Waals surface area contributed by atoms with E-state index in [1.807, 2.05) is 42.5 Å². The van der Waals surface area contributed by atoms with Crippen molar-refractivity contribution in [2.45, 2.75) is 4.90 Å². The molecule has 0 aliphatic rings. The van der Waals surface area contributed by atoms with Gasteiger partial charge in [0.05, 0.1) is 5.69 Å². The maximum Gasteiger partial charge on any atom is 0.257 e. The number of pyridine rings is 2. The molecule has 3 aromatic rings. The second kappa shape index (κ2) is 4.31. The molecule has 18 heavy (non-hydrogen) atoms. The lowest BCUT2D eigenvalue weighted by atomic mass is 10.2. The Morgan fingerprint density at radius 3 is 2.61 bits per heavy atom. The Morgan fingerprint density at radius 2 is 1.83 bits per heavy atom. The molecule has 0 saturated heterocycles. The number of thiol groups is 1. The van der Waals surface area contributed by atoms with Crippen LogP contribution in [0.1, 0.15) is 0 Å². The number of nitrogens with zero attached hydrogens (tertiary/aromatic N) is 2. The van der Waals surface area contributed by atoms with E-state index in [1.165, 1.54) is 6.07 Å². The van der Waals surface area contributed by atoms with E-state index < -0.39 is 0 Å². The number of aromatic nitrogens is 2. The molecule has 0 radical (unpaired) electrons.